The minimum atomic E-state index is -0.182. The number of benzene rings is 1. The van der Waals surface area contributed by atoms with Crippen molar-refractivity contribution in [1.29, 1.82) is 0 Å². The van der Waals surface area contributed by atoms with Gasteiger partial charge < -0.3 is 10.7 Å². The molecule has 19 heavy (non-hydrogen) atoms. The second kappa shape index (κ2) is 4.67. The second-order valence-electron chi connectivity index (χ2n) is 4.00. The molecule has 3 N–H and O–H groups in total. The molecule has 3 aromatic rings. The van der Waals surface area contributed by atoms with Crippen molar-refractivity contribution in [2.75, 3.05) is 5.73 Å². The van der Waals surface area contributed by atoms with Crippen LogP contribution < -0.4 is 11.3 Å². The molecule has 0 fully saturated rings. The predicted molar refractivity (Wildman–Crippen MR) is 77.8 cm³/mol. The van der Waals surface area contributed by atoms with Gasteiger partial charge in [0.05, 0.1) is 17.2 Å². The maximum absolute atomic E-state index is 11.6. The van der Waals surface area contributed by atoms with Crippen LogP contribution in [0.3, 0.4) is 0 Å². The van der Waals surface area contributed by atoms with E-state index in [0.717, 1.165) is 14.9 Å². The van der Waals surface area contributed by atoms with Crippen molar-refractivity contribution in [2.24, 2.45) is 0 Å². The van der Waals surface area contributed by atoms with E-state index in [1.165, 1.54) is 18.1 Å². The average Bonchev–Trinajstić information content (AvgIpc) is 2.77. The predicted octanol–water partition coefficient (Wildman–Crippen LogP) is 2.42. The summed E-state index contributed by atoms with van der Waals surface area (Å²) >= 11 is 3.06. The van der Waals surface area contributed by atoms with Gasteiger partial charge in [-0.05, 0) is 19.1 Å². The number of hydrogen-bond acceptors (Lipinski definition) is 6. The lowest BCUT2D eigenvalue weighted by Gasteiger charge is -2.04. The van der Waals surface area contributed by atoms with Crippen LogP contribution in [0.1, 0.15) is 5.69 Å². The first-order valence-corrected chi connectivity index (χ1v) is 7.20. The van der Waals surface area contributed by atoms with E-state index < -0.39 is 0 Å². The van der Waals surface area contributed by atoms with E-state index in [9.17, 15) is 4.79 Å². The van der Waals surface area contributed by atoms with Gasteiger partial charge in [0.25, 0.3) is 5.56 Å². The number of rotatable bonds is 2. The molecule has 5 nitrogen and oxygen atoms in total. The van der Waals surface area contributed by atoms with Gasteiger partial charge in [-0.25, -0.2) is 9.97 Å². The zero-order valence-electron chi connectivity index (χ0n) is 10.0. The van der Waals surface area contributed by atoms with Gasteiger partial charge >= 0.3 is 0 Å². The maximum atomic E-state index is 11.6. The summed E-state index contributed by atoms with van der Waals surface area (Å²) in [4.78, 5) is 23.6. The smallest absolute Gasteiger partial charge is 0.258 e. The third kappa shape index (κ3) is 2.34. The molecule has 7 heteroatoms. The molecule has 0 radical (unpaired) electrons. The van der Waals surface area contributed by atoms with Gasteiger partial charge in [-0.1, -0.05) is 11.8 Å². The maximum Gasteiger partial charge on any atom is 0.258 e. The van der Waals surface area contributed by atoms with Crippen LogP contribution in [-0.4, -0.2) is 15.0 Å². The minimum Gasteiger partial charge on any atom is -0.398 e. The fourth-order valence-corrected chi connectivity index (χ4v) is 3.53. The zero-order chi connectivity index (χ0) is 13.4. The Morgan fingerprint density at radius 2 is 2.26 bits per heavy atom. The molecule has 0 saturated carbocycles. The molecule has 0 bridgehead atoms. The Kier molecular flexibility index (Phi) is 3.00. The lowest BCUT2D eigenvalue weighted by atomic mass is 10.2. The van der Waals surface area contributed by atoms with Crippen LogP contribution in [0.4, 0.5) is 5.69 Å². The molecule has 3 rings (SSSR count). The fourth-order valence-electron chi connectivity index (χ4n) is 1.67. The molecule has 0 aliphatic carbocycles. The molecule has 96 valence electrons. The van der Waals surface area contributed by atoms with Crippen LogP contribution in [0.2, 0.25) is 0 Å². The number of thiazole rings is 1. The van der Waals surface area contributed by atoms with Crippen molar-refractivity contribution < 1.29 is 0 Å². The number of aromatic nitrogens is 3. The number of fused-ring (bicyclic) bond motifs is 1. The lowest BCUT2D eigenvalue weighted by Crippen LogP contribution is -2.07. The molecule has 1 aromatic carbocycles. The second-order valence-corrected chi connectivity index (χ2v) is 6.14. The van der Waals surface area contributed by atoms with E-state index in [-0.39, 0.29) is 5.56 Å². The van der Waals surface area contributed by atoms with Gasteiger partial charge in [0.2, 0.25) is 0 Å². The monoisotopic (exact) mass is 290 g/mol. The summed E-state index contributed by atoms with van der Waals surface area (Å²) in [5, 5.41) is 2.49. The van der Waals surface area contributed by atoms with Gasteiger partial charge in [-0.2, -0.15) is 0 Å². The number of anilines is 1. The summed E-state index contributed by atoms with van der Waals surface area (Å²) in [6.45, 7) is 1.95. The van der Waals surface area contributed by atoms with E-state index in [2.05, 4.69) is 15.0 Å². The normalized spacial score (nSPS) is 11.0. The van der Waals surface area contributed by atoms with Gasteiger partial charge in [0.15, 0.2) is 4.34 Å². The zero-order valence-corrected chi connectivity index (χ0v) is 11.6. The Bertz CT molecular complexity index is 809. The molecular formula is C12H10N4OS2. The van der Waals surface area contributed by atoms with Crippen LogP contribution in [0.25, 0.3) is 10.9 Å². The van der Waals surface area contributed by atoms with Crippen LogP contribution in [0.5, 0.6) is 0 Å². The van der Waals surface area contributed by atoms with E-state index >= 15 is 0 Å². The van der Waals surface area contributed by atoms with Crippen molar-refractivity contribution >= 4 is 39.7 Å². The first-order chi connectivity index (χ1) is 9.13. The van der Waals surface area contributed by atoms with Crippen LogP contribution >= 0.6 is 23.1 Å². The molecule has 0 spiro atoms. The van der Waals surface area contributed by atoms with Crippen molar-refractivity contribution in [1.82, 2.24) is 15.0 Å². The van der Waals surface area contributed by atoms with Crippen LogP contribution in [0.15, 0.2) is 37.9 Å². The molecule has 0 aliphatic rings. The Balaban J connectivity index is 2.09. The van der Waals surface area contributed by atoms with E-state index in [0.29, 0.717) is 16.6 Å². The topological polar surface area (TPSA) is 84.7 Å². The standard InChI is InChI=1S/C12H10N4OS2/c1-6-4-18-12(16-6)19-10-3-9-7(2-8(10)13)11(17)15-5-14-9/h2-5H,13H2,1H3,(H,14,15,17). The number of nitrogens with one attached hydrogen (secondary N) is 1. The summed E-state index contributed by atoms with van der Waals surface area (Å²) in [5.41, 5.74) is 7.98. The Labute approximate surface area is 116 Å². The summed E-state index contributed by atoms with van der Waals surface area (Å²) in [7, 11) is 0. The average molecular weight is 290 g/mol. The Morgan fingerprint density at radius 3 is 3.00 bits per heavy atom. The first kappa shape index (κ1) is 12.2. The number of nitrogens with zero attached hydrogens (tertiary/aromatic N) is 2. The molecule has 0 aliphatic heterocycles. The highest BCUT2D eigenvalue weighted by Gasteiger charge is 2.09. The molecule has 2 heterocycles. The number of hydrogen-bond donors (Lipinski definition) is 2. The van der Waals surface area contributed by atoms with Crippen LogP contribution in [0, 0.1) is 6.92 Å². The summed E-state index contributed by atoms with van der Waals surface area (Å²) in [5.74, 6) is 0. The highest BCUT2D eigenvalue weighted by atomic mass is 32.2. The lowest BCUT2D eigenvalue weighted by molar-refractivity contribution is 1.15. The molecular weight excluding hydrogens is 280 g/mol. The minimum absolute atomic E-state index is 0.182. The van der Waals surface area contributed by atoms with E-state index in [4.69, 9.17) is 5.73 Å². The molecule has 0 atom stereocenters. The fraction of sp³-hybridized carbons (Fsp3) is 0.0833. The molecule has 0 saturated heterocycles. The third-order valence-corrected chi connectivity index (χ3v) is 4.70. The number of H-pyrrole nitrogens is 1. The van der Waals surface area contributed by atoms with Crippen molar-refractivity contribution in [3.8, 4) is 0 Å². The summed E-state index contributed by atoms with van der Waals surface area (Å²) in [6, 6.07) is 3.48. The molecule has 2 aromatic heterocycles. The molecule has 0 unspecified atom stereocenters. The highest BCUT2D eigenvalue weighted by molar-refractivity contribution is 8.01. The van der Waals surface area contributed by atoms with Crippen molar-refractivity contribution in [3.05, 3.63) is 39.9 Å². The molecule has 0 amide bonds. The van der Waals surface area contributed by atoms with E-state index in [1.54, 1.807) is 17.4 Å². The first-order valence-electron chi connectivity index (χ1n) is 5.50. The van der Waals surface area contributed by atoms with Gasteiger partial charge in [-0.15, -0.1) is 11.3 Å². The Hall–Kier alpha value is -1.86. The third-order valence-electron chi connectivity index (χ3n) is 2.57. The summed E-state index contributed by atoms with van der Waals surface area (Å²) in [6.07, 6.45) is 1.39. The van der Waals surface area contributed by atoms with Gasteiger partial charge in [-0.3, -0.25) is 4.79 Å². The quantitative estimate of drug-likeness (QED) is 0.708. The number of aryl methyl sites for hydroxylation is 1. The van der Waals surface area contributed by atoms with Crippen molar-refractivity contribution in [2.45, 2.75) is 16.2 Å². The summed E-state index contributed by atoms with van der Waals surface area (Å²) < 4.78 is 0.924. The van der Waals surface area contributed by atoms with Gasteiger partial charge in [0, 0.05) is 21.7 Å². The highest BCUT2D eigenvalue weighted by Crippen LogP contribution is 2.35. The van der Waals surface area contributed by atoms with Gasteiger partial charge in [0.1, 0.15) is 0 Å². The largest absolute Gasteiger partial charge is 0.398 e. The number of nitrogen functional groups attached to an aromatic ring is 1. The number of nitrogens with two attached hydrogens (primary N) is 1. The van der Waals surface area contributed by atoms with Crippen molar-refractivity contribution in [3.63, 3.8) is 0 Å². The number of aromatic amines is 1. The Morgan fingerprint density at radius 1 is 1.42 bits per heavy atom. The SMILES string of the molecule is Cc1csc(Sc2cc3nc[nH]c(=O)c3cc2N)n1. The van der Waals surface area contributed by atoms with Crippen LogP contribution in [-0.2, 0) is 0 Å². The van der Waals surface area contributed by atoms with E-state index in [1.807, 2.05) is 18.4 Å².